The number of fused-ring (bicyclic) bond motifs is 1. The number of nitrogens with one attached hydrogen (secondary N) is 3. The number of ether oxygens (including phenoxy) is 2. The van der Waals surface area contributed by atoms with Crippen LogP contribution in [0.5, 0.6) is 11.5 Å². The van der Waals surface area contributed by atoms with Crippen molar-refractivity contribution >= 4 is 50.0 Å². The molecule has 0 saturated carbocycles. The van der Waals surface area contributed by atoms with Gasteiger partial charge in [-0.05, 0) is 35.9 Å². The molecule has 1 amide bonds. The Balaban J connectivity index is 1.44. The first-order valence-corrected chi connectivity index (χ1v) is 13.7. The van der Waals surface area contributed by atoms with Crippen LogP contribution in [0.3, 0.4) is 0 Å². The molecule has 0 aliphatic carbocycles. The first-order chi connectivity index (χ1) is 19.8. The van der Waals surface area contributed by atoms with Gasteiger partial charge >= 0.3 is 0 Å². The zero-order valence-electron chi connectivity index (χ0n) is 22.0. The van der Waals surface area contributed by atoms with Crippen molar-refractivity contribution in [3.8, 4) is 11.5 Å². The van der Waals surface area contributed by atoms with Crippen molar-refractivity contribution in [2.75, 3.05) is 29.6 Å². The van der Waals surface area contributed by atoms with Crippen molar-refractivity contribution in [3.63, 3.8) is 0 Å². The number of benzene rings is 3. The summed E-state index contributed by atoms with van der Waals surface area (Å²) in [5.74, 6) is 0.854. The second-order valence-electron chi connectivity index (χ2n) is 8.74. The molecule has 0 saturated heterocycles. The van der Waals surface area contributed by atoms with Gasteiger partial charge in [0.1, 0.15) is 17.8 Å². The van der Waals surface area contributed by atoms with Gasteiger partial charge in [0.2, 0.25) is 5.91 Å². The zero-order valence-corrected chi connectivity index (χ0v) is 22.8. The number of nitrogens with zero attached hydrogens (tertiary/aromatic N) is 4. The summed E-state index contributed by atoms with van der Waals surface area (Å²) < 4.78 is 40.2. The van der Waals surface area contributed by atoms with Crippen molar-refractivity contribution in [2.45, 2.75) is 11.3 Å². The lowest BCUT2D eigenvalue weighted by Crippen LogP contribution is -2.17. The average Bonchev–Trinajstić information content (AvgIpc) is 2.97. The van der Waals surface area contributed by atoms with E-state index in [0.29, 0.717) is 39.5 Å². The van der Waals surface area contributed by atoms with Gasteiger partial charge in [0.25, 0.3) is 10.0 Å². The molecular weight excluding hydrogens is 546 g/mol. The summed E-state index contributed by atoms with van der Waals surface area (Å²) in [6.45, 7) is 0. The Morgan fingerprint density at radius 3 is 2.12 bits per heavy atom. The maximum atomic E-state index is 13.5. The fraction of sp³-hybridized carbons (Fsp3) is 0.107. The predicted octanol–water partition coefficient (Wildman–Crippen LogP) is 4.16. The van der Waals surface area contributed by atoms with E-state index in [9.17, 15) is 13.2 Å². The molecular formula is C28H25N7O5S. The molecule has 5 aromatic rings. The van der Waals surface area contributed by atoms with E-state index in [1.54, 1.807) is 42.5 Å². The molecule has 2 aromatic heterocycles. The van der Waals surface area contributed by atoms with Gasteiger partial charge in [0.05, 0.1) is 36.6 Å². The lowest BCUT2D eigenvalue weighted by molar-refractivity contribution is -0.115. The quantitative estimate of drug-likeness (QED) is 0.222. The van der Waals surface area contributed by atoms with Crippen molar-refractivity contribution in [1.82, 2.24) is 19.9 Å². The second kappa shape index (κ2) is 11.8. The third kappa shape index (κ3) is 6.65. The van der Waals surface area contributed by atoms with Crippen LogP contribution >= 0.6 is 0 Å². The first-order valence-electron chi connectivity index (χ1n) is 12.3. The average molecular weight is 572 g/mol. The Kier molecular flexibility index (Phi) is 7.87. The molecule has 0 aliphatic rings. The summed E-state index contributed by atoms with van der Waals surface area (Å²) in [5.41, 5.74) is 2.52. The summed E-state index contributed by atoms with van der Waals surface area (Å²) in [7, 11) is -1.10. The minimum atomic E-state index is -4.15. The lowest BCUT2D eigenvalue weighted by Gasteiger charge is -2.15. The number of amides is 1. The normalized spacial score (nSPS) is 11.1. The van der Waals surface area contributed by atoms with Gasteiger partial charge < -0.3 is 20.1 Å². The van der Waals surface area contributed by atoms with Crippen LogP contribution in [0.1, 0.15) is 5.56 Å². The van der Waals surface area contributed by atoms with Crippen molar-refractivity contribution < 1.29 is 22.7 Å². The van der Waals surface area contributed by atoms with Crippen LogP contribution in [-0.4, -0.2) is 48.5 Å². The number of methoxy groups -OCH3 is 2. The number of anilines is 4. The maximum Gasteiger partial charge on any atom is 0.263 e. The minimum Gasteiger partial charge on any atom is -0.497 e. The van der Waals surface area contributed by atoms with E-state index in [1.165, 1.54) is 51.1 Å². The number of rotatable bonds is 10. The van der Waals surface area contributed by atoms with Crippen LogP contribution in [0.25, 0.3) is 11.0 Å². The fourth-order valence-electron chi connectivity index (χ4n) is 3.91. The molecule has 0 fully saturated rings. The van der Waals surface area contributed by atoms with Crippen molar-refractivity contribution in [1.29, 1.82) is 0 Å². The van der Waals surface area contributed by atoms with E-state index in [-0.39, 0.29) is 28.9 Å². The Morgan fingerprint density at radius 2 is 1.46 bits per heavy atom. The van der Waals surface area contributed by atoms with Gasteiger partial charge in [0, 0.05) is 42.0 Å². The number of sulfonamides is 1. The van der Waals surface area contributed by atoms with E-state index in [4.69, 9.17) is 9.47 Å². The molecule has 13 heteroatoms. The summed E-state index contributed by atoms with van der Waals surface area (Å²) in [6, 6.07) is 18.1. The molecule has 0 bridgehead atoms. The van der Waals surface area contributed by atoms with Crippen LogP contribution in [0.15, 0.2) is 90.3 Å². The number of carbonyl (C=O) groups excluding carboxylic acids is 1. The molecule has 0 spiro atoms. The SMILES string of the molecule is COc1cc(Nc2nc3ccccc3nc2NS(=O)(=O)c2cccc(NC(=O)Cc3cncnc3)c2)cc(OC)c1. The van der Waals surface area contributed by atoms with Gasteiger partial charge in [-0.2, -0.15) is 0 Å². The molecule has 0 unspecified atom stereocenters. The lowest BCUT2D eigenvalue weighted by atomic mass is 10.2. The standard InChI is InChI=1S/C28H25N7O5S/c1-39-21-11-20(12-22(14-21)40-2)32-27-28(34-25-9-4-3-8-24(25)33-27)35-41(37,38)23-7-5-6-19(13-23)31-26(36)10-18-15-29-17-30-16-18/h3-9,11-17H,10H2,1-2H3,(H,31,36)(H,32,33)(H,34,35). The highest BCUT2D eigenvalue weighted by molar-refractivity contribution is 7.92. The molecule has 12 nitrogen and oxygen atoms in total. The summed E-state index contributed by atoms with van der Waals surface area (Å²) in [4.78, 5) is 29.3. The van der Waals surface area contributed by atoms with E-state index in [2.05, 4.69) is 35.3 Å². The third-order valence-corrected chi connectivity index (χ3v) is 7.16. The fourth-order valence-corrected chi connectivity index (χ4v) is 4.97. The second-order valence-corrected chi connectivity index (χ2v) is 10.4. The van der Waals surface area contributed by atoms with Gasteiger partial charge in [-0.3, -0.25) is 9.52 Å². The first kappa shape index (κ1) is 27.3. The highest BCUT2D eigenvalue weighted by atomic mass is 32.2. The monoisotopic (exact) mass is 571 g/mol. The zero-order chi connectivity index (χ0) is 28.8. The Labute approximate surface area is 235 Å². The molecule has 0 atom stereocenters. The van der Waals surface area contributed by atoms with E-state index in [0.717, 1.165) is 0 Å². The Morgan fingerprint density at radius 1 is 0.805 bits per heavy atom. The molecule has 0 radical (unpaired) electrons. The highest BCUT2D eigenvalue weighted by Crippen LogP contribution is 2.31. The van der Waals surface area contributed by atoms with Gasteiger partial charge in [0.15, 0.2) is 11.6 Å². The molecule has 0 aliphatic heterocycles. The number of hydrogen-bond donors (Lipinski definition) is 3. The van der Waals surface area contributed by atoms with Crippen LogP contribution in [0.2, 0.25) is 0 Å². The Bertz CT molecular complexity index is 1800. The largest absolute Gasteiger partial charge is 0.497 e. The number of hydrogen-bond acceptors (Lipinski definition) is 10. The van der Waals surface area contributed by atoms with Crippen LogP contribution in [0.4, 0.5) is 23.0 Å². The van der Waals surface area contributed by atoms with Crippen molar-refractivity contribution in [2.24, 2.45) is 0 Å². The molecule has 208 valence electrons. The number of para-hydroxylation sites is 2. The summed E-state index contributed by atoms with van der Waals surface area (Å²) >= 11 is 0. The molecule has 3 aromatic carbocycles. The van der Waals surface area contributed by atoms with E-state index < -0.39 is 10.0 Å². The molecule has 3 N–H and O–H groups in total. The van der Waals surface area contributed by atoms with E-state index in [1.807, 2.05) is 6.07 Å². The third-order valence-electron chi connectivity index (χ3n) is 5.82. The smallest absolute Gasteiger partial charge is 0.263 e. The van der Waals surface area contributed by atoms with Gasteiger partial charge in [-0.25, -0.2) is 28.4 Å². The maximum absolute atomic E-state index is 13.5. The number of carbonyl (C=O) groups is 1. The van der Waals surface area contributed by atoms with E-state index >= 15 is 0 Å². The Hall–Kier alpha value is -5.30. The van der Waals surface area contributed by atoms with Crippen LogP contribution < -0.4 is 24.8 Å². The summed E-state index contributed by atoms with van der Waals surface area (Å²) in [5, 5.41) is 5.83. The van der Waals surface area contributed by atoms with Gasteiger partial charge in [-0.15, -0.1) is 0 Å². The topological polar surface area (TPSA) is 157 Å². The highest BCUT2D eigenvalue weighted by Gasteiger charge is 2.20. The predicted molar refractivity (Wildman–Crippen MR) is 154 cm³/mol. The van der Waals surface area contributed by atoms with Crippen molar-refractivity contribution in [3.05, 3.63) is 91.0 Å². The van der Waals surface area contributed by atoms with Gasteiger partial charge in [-0.1, -0.05) is 18.2 Å². The summed E-state index contributed by atoms with van der Waals surface area (Å²) in [6.07, 6.45) is 4.48. The minimum absolute atomic E-state index is 0.0241. The van der Waals surface area contributed by atoms with Crippen LogP contribution in [0, 0.1) is 0 Å². The van der Waals surface area contributed by atoms with Crippen LogP contribution in [-0.2, 0) is 21.2 Å². The number of aromatic nitrogens is 4. The molecule has 5 rings (SSSR count). The molecule has 41 heavy (non-hydrogen) atoms. The molecule has 2 heterocycles.